The van der Waals surface area contributed by atoms with Crippen molar-refractivity contribution in [1.82, 2.24) is 0 Å². The number of thioether (sulfide) groups is 2. The highest BCUT2D eigenvalue weighted by molar-refractivity contribution is 8.14. The number of aliphatic hydroxyl groups excluding tert-OH is 4. The van der Waals surface area contributed by atoms with Crippen molar-refractivity contribution in [3.63, 3.8) is 0 Å². The number of phosphoric ester groups is 2. The van der Waals surface area contributed by atoms with Crippen LogP contribution in [0.1, 0.15) is 116 Å². The minimum absolute atomic E-state index is 0.0646. The molecular weight excluding hydrogens is 1110 g/mol. The molecule has 2 amide bonds. The number of hydrogen-bond donors (Lipinski definition) is 6. The van der Waals surface area contributed by atoms with Crippen molar-refractivity contribution < 1.29 is 114 Å². The molecular formula is C48H76N4O22P2S2+2. The third kappa shape index (κ3) is 21.6. The Morgan fingerprint density at radius 1 is 0.538 bits per heavy atom. The van der Waals surface area contributed by atoms with Gasteiger partial charge in [-0.15, -0.1) is 0 Å². The molecule has 78 heavy (non-hydrogen) atoms. The van der Waals surface area contributed by atoms with E-state index >= 15 is 0 Å². The Morgan fingerprint density at radius 3 is 1.18 bits per heavy atom. The molecule has 0 saturated carbocycles. The second kappa shape index (κ2) is 29.3. The zero-order valence-corrected chi connectivity index (χ0v) is 49.2. The van der Waals surface area contributed by atoms with Crippen molar-refractivity contribution in [2.24, 2.45) is 33.1 Å². The summed E-state index contributed by atoms with van der Waals surface area (Å²) in [6.45, 7) is 17.4. The zero-order chi connectivity index (χ0) is 59.2. The fraction of sp³-hybridized carbons (Fsp3) is 0.667. The standard InChI is InChI=1S/C25H39N2O10PS2.C23H35N2O12P/c1-24(2,3)22(31)39-12-10-34-38(33,35-11-13-40-23(32)25(4,5)6)36-15-17-18(28)19(29)21(37-17)27-9-7-8-16(14-27)20(26)30;1-22(2,3)20(29)32-12-35-38(31,36-13-33-21(30)23(4,5)6)34-11-15-16(26)17(27)19(37-15)25-9-7-8-14(10-25)18(24)28/h7-9,14,17-19,21,28-29H,10-13,15H2,1-6H3,(H-,26,30);7-10,15-17,19,26-27H,11-13H2,1-6H3,(H-,24,28)/p+2/t17-,18?,19+,21-;15-,16?,17+,19-/m11/s1. The number of phosphoric acid groups is 2. The summed E-state index contributed by atoms with van der Waals surface area (Å²) in [5.41, 5.74) is 8.06. The number of hydrogen-bond acceptors (Lipinski definition) is 24. The van der Waals surface area contributed by atoms with Crippen molar-refractivity contribution in [1.29, 1.82) is 0 Å². The SMILES string of the molecule is CC(C)(C)C(=O)OCOP(=O)(OCOC(=O)C(C)(C)C)OC[C@H]1O[C@@H]([n+]2cccc(C(N)=O)c2)[C@@H](O)C1O.CC(C)(C)C(=O)SCCOP(=O)(OCCSC(=O)C(C)(C)C)OC[C@H]1O[C@@H]([n+]2cccc(C(N)=O)c2)[C@@H](O)C1O. The van der Waals surface area contributed by atoms with Gasteiger partial charge in [-0.1, -0.05) is 65.1 Å². The summed E-state index contributed by atoms with van der Waals surface area (Å²) in [4.78, 5) is 71.3. The summed E-state index contributed by atoms with van der Waals surface area (Å²) in [6.07, 6.45) is -4.65. The number of ether oxygens (including phenoxy) is 4. The molecule has 2 aromatic heterocycles. The lowest BCUT2D eigenvalue weighted by molar-refractivity contribution is -0.766. The molecule has 2 aliphatic heterocycles. The second-order valence-electron chi connectivity index (χ2n) is 21.7. The number of nitrogens with two attached hydrogens (primary N) is 2. The monoisotopic (exact) mass is 1190 g/mol. The number of carbonyl (C=O) groups is 6. The number of aromatic nitrogens is 2. The van der Waals surface area contributed by atoms with Crippen LogP contribution in [0.2, 0.25) is 0 Å². The maximum absolute atomic E-state index is 13.4. The molecule has 2 fully saturated rings. The highest BCUT2D eigenvalue weighted by atomic mass is 32.2. The van der Waals surface area contributed by atoms with E-state index in [0.29, 0.717) is 0 Å². The Hall–Kier alpha value is -3.80. The second-order valence-corrected chi connectivity index (χ2v) is 27.2. The third-order valence-electron chi connectivity index (χ3n) is 10.7. The van der Waals surface area contributed by atoms with Crippen LogP contribution in [-0.2, 0) is 74.4 Å². The number of primary amides is 2. The van der Waals surface area contributed by atoms with Gasteiger partial charge >= 0.3 is 27.6 Å². The number of nitrogens with zero attached hydrogens (tertiary/aromatic N) is 2. The molecule has 0 aliphatic carbocycles. The van der Waals surface area contributed by atoms with Gasteiger partial charge in [-0.2, -0.15) is 9.13 Å². The molecule has 2 aliphatic rings. The molecule has 0 radical (unpaired) electrons. The predicted octanol–water partition coefficient (Wildman–Crippen LogP) is 3.41. The number of esters is 2. The minimum Gasteiger partial charge on any atom is -0.437 e. The summed E-state index contributed by atoms with van der Waals surface area (Å²) in [6, 6.07) is 5.98. The lowest BCUT2D eigenvalue weighted by atomic mass is 9.98. The summed E-state index contributed by atoms with van der Waals surface area (Å²) in [7, 11) is -8.76. The van der Waals surface area contributed by atoms with E-state index in [1.165, 1.54) is 58.2 Å². The highest BCUT2D eigenvalue weighted by Gasteiger charge is 2.51. The van der Waals surface area contributed by atoms with Crippen LogP contribution in [-0.4, -0.2) is 143 Å². The van der Waals surface area contributed by atoms with Crippen LogP contribution >= 0.6 is 39.2 Å². The van der Waals surface area contributed by atoms with Crippen molar-refractivity contribution in [3.05, 3.63) is 60.2 Å². The zero-order valence-electron chi connectivity index (χ0n) is 45.8. The predicted molar refractivity (Wildman–Crippen MR) is 278 cm³/mol. The quantitative estimate of drug-likeness (QED) is 0.0288. The van der Waals surface area contributed by atoms with Gasteiger partial charge < -0.3 is 50.8 Å². The fourth-order valence-corrected chi connectivity index (χ4v) is 10.0. The Balaban J connectivity index is 0.000000411. The normalized spacial score (nSPS) is 22.1. The molecule has 4 rings (SSSR count). The molecule has 0 aromatic carbocycles. The van der Waals surface area contributed by atoms with Crippen molar-refractivity contribution in [3.8, 4) is 0 Å². The van der Waals surface area contributed by atoms with Gasteiger partial charge in [-0.05, 0) is 53.7 Å². The first-order chi connectivity index (χ1) is 35.9. The average Bonchev–Trinajstić information content (AvgIpc) is 3.80. The number of aliphatic hydroxyl groups is 4. The van der Waals surface area contributed by atoms with Gasteiger partial charge in [0.25, 0.3) is 24.3 Å². The van der Waals surface area contributed by atoms with Crippen molar-refractivity contribution in [2.45, 2.75) is 132 Å². The number of carbonyl (C=O) groups excluding carboxylic acids is 6. The van der Waals surface area contributed by atoms with E-state index < -0.39 is 137 Å². The molecule has 2 unspecified atom stereocenters. The molecule has 2 saturated heterocycles. The summed E-state index contributed by atoms with van der Waals surface area (Å²) in [5.74, 6) is -2.30. The maximum Gasteiger partial charge on any atom is 0.480 e. The molecule has 2 aromatic rings. The first-order valence-electron chi connectivity index (χ1n) is 24.3. The number of rotatable bonds is 24. The third-order valence-corrected chi connectivity index (χ3v) is 15.9. The Morgan fingerprint density at radius 2 is 0.872 bits per heavy atom. The Kier molecular flexibility index (Phi) is 25.7. The van der Waals surface area contributed by atoms with Crippen LogP contribution in [0.4, 0.5) is 0 Å². The average molecular weight is 1190 g/mol. The van der Waals surface area contributed by atoms with E-state index in [1.807, 2.05) is 0 Å². The molecule has 4 heterocycles. The molecule has 0 spiro atoms. The minimum atomic E-state index is -4.54. The lowest BCUT2D eigenvalue weighted by Crippen LogP contribution is -2.46. The first-order valence-corrected chi connectivity index (χ1v) is 29.2. The van der Waals surface area contributed by atoms with Gasteiger partial charge in [-0.3, -0.25) is 46.9 Å². The Bertz CT molecular complexity index is 2410. The van der Waals surface area contributed by atoms with Gasteiger partial charge in [0.1, 0.15) is 35.5 Å². The van der Waals surface area contributed by atoms with Crippen LogP contribution in [0.3, 0.4) is 0 Å². The highest BCUT2D eigenvalue weighted by Crippen LogP contribution is 2.51. The van der Waals surface area contributed by atoms with Crippen molar-refractivity contribution >= 4 is 73.2 Å². The van der Waals surface area contributed by atoms with Gasteiger partial charge in [-0.25, -0.2) is 18.2 Å². The van der Waals surface area contributed by atoms with Gasteiger partial charge in [0, 0.05) is 34.5 Å². The van der Waals surface area contributed by atoms with Crippen LogP contribution < -0.4 is 20.6 Å². The van der Waals surface area contributed by atoms with Crippen LogP contribution in [0.25, 0.3) is 0 Å². The topological polar surface area (TPSA) is 370 Å². The van der Waals surface area contributed by atoms with Crippen LogP contribution in [0.15, 0.2) is 49.1 Å². The molecule has 8 atom stereocenters. The summed E-state index contributed by atoms with van der Waals surface area (Å²) in [5, 5.41) is 41.9. The summed E-state index contributed by atoms with van der Waals surface area (Å²) >= 11 is 2.05. The van der Waals surface area contributed by atoms with E-state index in [-0.39, 0.29) is 46.1 Å². The van der Waals surface area contributed by atoms with Crippen molar-refractivity contribution in [2.75, 3.05) is 51.5 Å². The maximum atomic E-state index is 13.4. The van der Waals surface area contributed by atoms with Gasteiger partial charge in [0.15, 0.2) is 47.2 Å². The number of pyridine rings is 2. The van der Waals surface area contributed by atoms with Crippen LogP contribution in [0, 0.1) is 21.7 Å². The lowest BCUT2D eigenvalue weighted by Gasteiger charge is -2.22. The largest absolute Gasteiger partial charge is 0.480 e. The van der Waals surface area contributed by atoms with Crippen LogP contribution in [0.5, 0.6) is 0 Å². The first kappa shape index (κ1) is 68.5. The smallest absolute Gasteiger partial charge is 0.437 e. The van der Waals surface area contributed by atoms with E-state index in [1.54, 1.807) is 83.1 Å². The van der Waals surface area contributed by atoms with Gasteiger partial charge in [0.2, 0.25) is 13.6 Å². The fourth-order valence-electron chi connectivity index (χ4n) is 6.09. The van der Waals surface area contributed by atoms with E-state index in [4.69, 9.17) is 57.6 Å². The molecule has 8 N–H and O–H groups in total. The Labute approximate surface area is 462 Å². The number of amides is 2. The molecule has 440 valence electrons. The van der Waals surface area contributed by atoms with E-state index in [2.05, 4.69) is 0 Å². The van der Waals surface area contributed by atoms with E-state index in [0.717, 1.165) is 23.5 Å². The van der Waals surface area contributed by atoms with Gasteiger partial charge in [0.05, 0.1) is 37.3 Å². The molecule has 30 heteroatoms. The molecule has 0 bridgehead atoms. The molecule has 26 nitrogen and oxygen atoms in total. The van der Waals surface area contributed by atoms with E-state index in [9.17, 15) is 58.3 Å². The summed E-state index contributed by atoms with van der Waals surface area (Å²) < 4.78 is 82.3.